The molecule has 0 bridgehead atoms. The third-order valence-corrected chi connectivity index (χ3v) is 4.61. The van der Waals surface area contributed by atoms with E-state index in [1.54, 1.807) is 24.5 Å². The molecule has 3 aromatic heterocycles. The van der Waals surface area contributed by atoms with E-state index < -0.39 is 0 Å². The maximum atomic E-state index is 9.19. The summed E-state index contributed by atoms with van der Waals surface area (Å²) in [5.41, 5.74) is 5.53. The van der Waals surface area contributed by atoms with Crippen LogP contribution in [-0.2, 0) is 0 Å². The molecule has 0 aliphatic heterocycles. The molecule has 4 nitrogen and oxygen atoms in total. The molecule has 0 spiro atoms. The van der Waals surface area contributed by atoms with Crippen molar-refractivity contribution in [3.8, 4) is 40.0 Å². The summed E-state index contributed by atoms with van der Waals surface area (Å²) in [6.45, 7) is 0. The fourth-order valence-electron chi connectivity index (χ4n) is 2.76. The average molecular weight is 413 g/mol. The first-order valence-electron chi connectivity index (χ1n) is 8.29. The lowest BCUT2D eigenvalue weighted by Crippen LogP contribution is -1.94. The molecule has 0 atom stereocenters. The van der Waals surface area contributed by atoms with E-state index in [0.717, 1.165) is 27.0 Å². The molecule has 0 aliphatic carbocycles. The van der Waals surface area contributed by atoms with Gasteiger partial charge in [-0.05, 0) is 59.7 Å². The second-order valence-electron chi connectivity index (χ2n) is 5.89. The smallest absolute Gasteiger partial charge is 0.0992 e. The van der Waals surface area contributed by atoms with Crippen molar-refractivity contribution in [2.75, 3.05) is 0 Å². The second kappa shape index (κ2) is 7.48. The van der Waals surface area contributed by atoms with Crippen molar-refractivity contribution in [3.63, 3.8) is 0 Å². The summed E-state index contributed by atoms with van der Waals surface area (Å²) in [4.78, 5) is 13.6. The standard InChI is InChI=1S/C22H13BrN4/c23-18-6-4-16(5-7-18)17-12-21(19-3-1-2-9-25-19)27-22(13-17)20-11-15(14-24)8-10-26-20/h1-13H. The van der Waals surface area contributed by atoms with E-state index in [2.05, 4.69) is 32.0 Å². The molecular formula is C22H13BrN4. The molecule has 0 fully saturated rings. The number of nitrogens with zero attached hydrogens (tertiary/aromatic N) is 4. The Labute approximate surface area is 165 Å². The molecule has 0 saturated carbocycles. The van der Waals surface area contributed by atoms with Crippen molar-refractivity contribution in [1.82, 2.24) is 15.0 Å². The number of halogens is 1. The van der Waals surface area contributed by atoms with Gasteiger partial charge in [0.25, 0.3) is 0 Å². The van der Waals surface area contributed by atoms with Crippen molar-refractivity contribution in [1.29, 1.82) is 5.26 Å². The lowest BCUT2D eigenvalue weighted by molar-refractivity contribution is 1.21. The highest BCUT2D eigenvalue weighted by atomic mass is 79.9. The molecule has 27 heavy (non-hydrogen) atoms. The van der Waals surface area contributed by atoms with Crippen LogP contribution in [-0.4, -0.2) is 15.0 Å². The summed E-state index contributed by atoms with van der Waals surface area (Å²) < 4.78 is 1.02. The summed E-state index contributed by atoms with van der Waals surface area (Å²) >= 11 is 3.47. The van der Waals surface area contributed by atoms with Crippen LogP contribution in [0.3, 0.4) is 0 Å². The maximum Gasteiger partial charge on any atom is 0.0992 e. The predicted molar refractivity (Wildman–Crippen MR) is 109 cm³/mol. The highest BCUT2D eigenvalue weighted by Gasteiger charge is 2.11. The van der Waals surface area contributed by atoms with Crippen molar-refractivity contribution in [2.24, 2.45) is 0 Å². The quantitative estimate of drug-likeness (QED) is 0.445. The largest absolute Gasteiger partial charge is 0.255 e. The molecule has 0 aliphatic rings. The van der Waals surface area contributed by atoms with Crippen molar-refractivity contribution >= 4 is 15.9 Å². The first-order valence-corrected chi connectivity index (χ1v) is 9.08. The van der Waals surface area contributed by atoms with Gasteiger partial charge in [-0.2, -0.15) is 5.26 Å². The number of aromatic nitrogens is 3. The van der Waals surface area contributed by atoms with Gasteiger partial charge in [0.2, 0.25) is 0 Å². The van der Waals surface area contributed by atoms with E-state index in [-0.39, 0.29) is 0 Å². The first kappa shape index (κ1) is 17.1. The van der Waals surface area contributed by atoms with Crippen LogP contribution in [0.4, 0.5) is 0 Å². The number of benzene rings is 1. The van der Waals surface area contributed by atoms with Gasteiger partial charge in [-0.15, -0.1) is 0 Å². The number of pyridine rings is 3. The summed E-state index contributed by atoms with van der Waals surface area (Å²) in [7, 11) is 0. The van der Waals surface area contributed by atoms with Crippen LogP contribution in [0.25, 0.3) is 33.9 Å². The Morgan fingerprint density at radius 3 is 2.15 bits per heavy atom. The van der Waals surface area contributed by atoms with E-state index in [9.17, 15) is 5.26 Å². The van der Waals surface area contributed by atoms with Crippen molar-refractivity contribution in [3.05, 3.63) is 89.2 Å². The van der Waals surface area contributed by atoms with Gasteiger partial charge in [0.05, 0.1) is 34.4 Å². The van der Waals surface area contributed by atoms with Crippen LogP contribution >= 0.6 is 15.9 Å². The zero-order valence-corrected chi connectivity index (χ0v) is 15.8. The first-order chi connectivity index (χ1) is 13.2. The average Bonchev–Trinajstić information content (AvgIpc) is 2.74. The third kappa shape index (κ3) is 3.76. The van der Waals surface area contributed by atoms with Gasteiger partial charge in [0.15, 0.2) is 0 Å². The topological polar surface area (TPSA) is 62.5 Å². The Kier molecular flexibility index (Phi) is 4.73. The summed E-state index contributed by atoms with van der Waals surface area (Å²) in [6, 6.07) is 23.4. The Balaban J connectivity index is 1.91. The van der Waals surface area contributed by atoms with Gasteiger partial charge in [0, 0.05) is 16.9 Å². The zero-order valence-electron chi connectivity index (χ0n) is 14.2. The van der Waals surface area contributed by atoms with Gasteiger partial charge in [-0.25, -0.2) is 4.98 Å². The van der Waals surface area contributed by atoms with Gasteiger partial charge in [0.1, 0.15) is 0 Å². The van der Waals surface area contributed by atoms with E-state index in [0.29, 0.717) is 17.0 Å². The van der Waals surface area contributed by atoms with Gasteiger partial charge < -0.3 is 0 Å². The maximum absolute atomic E-state index is 9.19. The van der Waals surface area contributed by atoms with Crippen LogP contribution < -0.4 is 0 Å². The Morgan fingerprint density at radius 1 is 0.704 bits per heavy atom. The molecular weight excluding hydrogens is 400 g/mol. The van der Waals surface area contributed by atoms with Gasteiger partial charge in [-0.3, -0.25) is 9.97 Å². The predicted octanol–water partition coefficient (Wildman–Crippen LogP) is 5.51. The third-order valence-electron chi connectivity index (χ3n) is 4.08. The minimum atomic E-state index is 0.551. The molecule has 4 aromatic rings. The van der Waals surface area contributed by atoms with E-state index >= 15 is 0 Å². The number of hydrogen-bond donors (Lipinski definition) is 0. The number of nitriles is 1. The highest BCUT2D eigenvalue weighted by Crippen LogP contribution is 2.29. The molecule has 0 N–H and O–H groups in total. The van der Waals surface area contributed by atoms with Crippen LogP contribution in [0, 0.1) is 11.3 Å². The van der Waals surface area contributed by atoms with Crippen LogP contribution in [0.15, 0.2) is 83.6 Å². The van der Waals surface area contributed by atoms with Crippen LogP contribution in [0.1, 0.15) is 5.56 Å². The molecule has 5 heteroatoms. The Morgan fingerprint density at radius 2 is 1.44 bits per heavy atom. The molecule has 128 valence electrons. The molecule has 0 unspecified atom stereocenters. The van der Waals surface area contributed by atoms with Gasteiger partial charge in [-0.1, -0.05) is 34.1 Å². The van der Waals surface area contributed by atoms with E-state index in [4.69, 9.17) is 4.98 Å². The molecule has 4 rings (SSSR count). The summed E-state index contributed by atoms with van der Waals surface area (Å²) in [6.07, 6.45) is 3.37. The SMILES string of the molecule is N#Cc1ccnc(-c2cc(-c3ccc(Br)cc3)cc(-c3ccccn3)n2)c1. The van der Waals surface area contributed by atoms with E-state index in [1.165, 1.54) is 0 Å². The summed E-state index contributed by atoms with van der Waals surface area (Å²) in [5, 5.41) is 9.19. The fraction of sp³-hybridized carbons (Fsp3) is 0. The molecule has 0 radical (unpaired) electrons. The normalized spacial score (nSPS) is 10.4. The zero-order chi connectivity index (χ0) is 18.6. The minimum Gasteiger partial charge on any atom is -0.255 e. The van der Waals surface area contributed by atoms with Crippen molar-refractivity contribution < 1.29 is 0 Å². The minimum absolute atomic E-state index is 0.551. The lowest BCUT2D eigenvalue weighted by atomic mass is 10.0. The monoisotopic (exact) mass is 412 g/mol. The summed E-state index contributed by atoms with van der Waals surface area (Å²) in [5.74, 6) is 0. The Hall–Kier alpha value is -3.36. The van der Waals surface area contributed by atoms with E-state index in [1.807, 2.05) is 54.6 Å². The fourth-order valence-corrected chi connectivity index (χ4v) is 3.02. The molecule has 0 amide bonds. The Bertz CT molecular complexity index is 1130. The van der Waals surface area contributed by atoms with Crippen LogP contribution in [0.5, 0.6) is 0 Å². The second-order valence-corrected chi connectivity index (χ2v) is 6.81. The van der Waals surface area contributed by atoms with Gasteiger partial charge >= 0.3 is 0 Å². The molecule has 3 heterocycles. The van der Waals surface area contributed by atoms with Crippen LogP contribution in [0.2, 0.25) is 0 Å². The highest BCUT2D eigenvalue weighted by molar-refractivity contribution is 9.10. The number of rotatable bonds is 3. The van der Waals surface area contributed by atoms with Crippen molar-refractivity contribution in [2.45, 2.75) is 0 Å². The lowest BCUT2D eigenvalue weighted by Gasteiger charge is -2.09. The number of hydrogen-bond acceptors (Lipinski definition) is 4. The molecule has 0 saturated heterocycles. The molecule has 1 aromatic carbocycles.